The molecule has 1 saturated carbocycles. The van der Waals surface area contributed by atoms with E-state index >= 15 is 0 Å². The molecule has 6 heteroatoms. The van der Waals surface area contributed by atoms with Crippen molar-refractivity contribution in [1.29, 1.82) is 0 Å². The fourth-order valence-corrected chi connectivity index (χ4v) is 2.68. The first-order valence-electron chi connectivity index (χ1n) is 5.78. The number of halogens is 1. The van der Waals surface area contributed by atoms with E-state index in [0.717, 1.165) is 17.9 Å². The molecule has 0 aliphatic heterocycles. The number of methoxy groups -OCH3 is 1. The maximum atomic E-state index is 11.6. The summed E-state index contributed by atoms with van der Waals surface area (Å²) in [7, 11) is 1.41. The molecule has 1 N–H and O–H groups in total. The van der Waals surface area contributed by atoms with Crippen LogP contribution >= 0.6 is 23.4 Å². The molecule has 1 heterocycles. The van der Waals surface area contributed by atoms with Gasteiger partial charge in [0.1, 0.15) is 11.1 Å². The summed E-state index contributed by atoms with van der Waals surface area (Å²) in [6, 6.07) is 3.73. The average molecular weight is 287 g/mol. The maximum absolute atomic E-state index is 11.6. The number of carbonyl (C=O) groups is 1. The monoisotopic (exact) mass is 286 g/mol. The molecule has 1 aliphatic carbocycles. The summed E-state index contributed by atoms with van der Waals surface area (Å²) < 4.78 is 4.79. The molecule has 1 aromatic rings. The van der Waals surface area contributed by atoms with Gasteiger partial charge in [0, 0.05) is 18.0 Å². The van der Waals surface area contributed by atoms with Crippen LogP contribution in [0.25, 0.3) is 0 Å². The van der Waals surface area contributed by atoms with Crippen LogP contribution in [0.3, 0.4) is 0 Å². The van der Waals surface area contributed by atoms with Gasteiger partial charge in [0.15, 0.2) is 0 Å². The van der Waals surface area contributed by atoms with Gasteiger partial charge in [-0.05, 0) is 25.0 Å². The Morgan fingerprint density at radius 1 is 1.72 bits per heavy atom. The van der Waals surface area contributed by atoms with E-state index in [4.69, 9.17) is 16.3 Å². The Balaban J connectivity index is 1.92. The summed E-state index contributed by atoms with van der Waals surface area (Å²) in [5, 5.41) is 4.62. The third-order valence-corrected chi connectivity index (χ3v) is 4.13. The lowest BCUT2D eigenvalue weighted by molar-refractivity contribution is -0.142. The summed E-state index contributed by atoms with van der Waals surface area (Å²) in [5.41, 5.74) is 0. The van der Waals surface area contributed by atoms with Crippen LogP contribution in [-0.4, -0.2) is 35.9 Å². The van der Waals surface area contributed by atoms with Crippen LogP contribution in [0.15, 0.2) is 23.4 Å². The summed E-state index contributed by atoms with van der Waals surface area (Å²) in [4.78, 5) is 15.8. The Bertz CT molecular complexity index is 426. The quantitative estimate of drug-likeness (QED) is 0.641. The zero-order valence-electron chi connectivity index (χ0n) is 10.1. The van der Waals surface area contributed by atoms with E-state index in [9.17, 15) is 4.79 Å². The van der Waals surface area contributed by atoms with Crippen molar-refractivity contribution >= 4 is 29.3 Å². The smallest absolute Gasteiger partial charge is 0.323 e. The number of rotatable bonds is 6. The second-order valence-corrected chi connectivity index (χ2v) is 5.53. The minimum atomic E-state index is -0.300. The van der Waals surface area contributed by atoms with Crippen LogP contribution in [0, 0.1) is 0 Å². The van der Waals surface area contributed by atoms with Crippen molar-refractivity contribution in [2.75, 3.05) is 12.9 Å². The van der Waals surface area contributed by atoms with Crippen molar-refractivity contribution in [1.82, 2.24) is 10.3 Å². The van der Waals surface area contributed by atoms with Gasteiger partial charge in [-0.2, -0.15) is 0 Å². The van der Waals surface area contributed by atoms with Crippen LogP contribution < -0.4 is 5.32 Å². The average Bonchev–Trinajstić information content (AvgIpc) is 3.19. The zero-order valence-corrected chi connectivity index (χ0v) is 11.6. The molecular formula is C12H15ClN2O2S. The van der Waals surface area contributed by atoms with E-state index in [2.05, 4.69) is 10.3 Å². The lowest BCUT2D eigenvalue weighted by atomic mass is 10.3. The van der Waals surface area contributed by atoms with Gasteiger partial charge in [0.2, 0.25) is 0 Å². The van der Waals surface area contributed by atoms with E-state index in [0.29, 0.717) is 16.8 Å². The Morgan fingerprint density at radius 2 is 2.50 bits per heavy atom. The van der Waals surface area contributed by atoms with Crippen LogP contribution in [0.5, 0.6) is 0 Å². The van der Waals surface area contributed by atoms with Gasteiger partial charge < -0.3 is 10.1 Å². The highest BCUT2D eigenvalue weighted by atomic mass is 35.5. The standard InChI is InChI=1S/C12H15ClN2O2S/c1-17-12(16)10(15-8-4-5-8)7-18-11-9(13)3-2-6-14-11/h2-3,6,8,10,15H,4-5,7H2,1H3. The Morgan fingerprint density at radius 3 is 3.11 bits per heavy atom. The van der Waals surface area contributed by atoms with Gasteiger partial charge >= 0.3 is 5.97 Å². The molecule has 2 rings (SSSR count). The fraction of sp³-hybridized carbons (Fsp3) is 0.500. The first-order valence-corrected chi connectivity index (χ1v) is 7.14. The number of ether oxygens (including phenoxy) is 1. The first-order chi connectivity index (χ1) is 8.70. The molecule has 0 saturated heterocycles. The molecule has 1 unspecified atom stereocenters. The summed E-state index contributed by atoms with van der Waals surface area (Å²) in [6.07, 6.45) is 3.95. The number of esters is 1. The number of thioether (sulfide) groups is 1. The number of nitrogens with one attached hydrogen (secondary N) is 1. The third kappa shape index (κ3) is 3.86. The molecule has 0 radical (unpaired) electrons. The molecule has 0 spiro atoms. The number of hydrogen-bond donors (Lipinski definition) is 1. The molecule has 1 atom stereocenters. The Hall–Kier alpha value is -0.780. The topological polar surface area (TPSA) is 51.2 Å². The minimum Gasteiger partial charge on any atom is -0.468 e. The highest BCUT2D eigenvalue weighted by Crippen LogP contribution is 2.26. The normalized spacial score (nSPS) is 16.3. The number of aromatic nitrogens is 1. The van der Waals surface area contributed by atoms with Crippen LogP contribution in [0.1, 0.15) is 12.8 Å². The molecule has 1 aliphatic rings. The first kappa shape index (κ1) is 13.6. The van der Waals surface area contributed by atoms with E-state index in [1.54, 1.807) is 18.3 Å². The van der Waals surface area contributed by atoms with Gasteiger partial charge in [-0.3, -0.25) is 4.79 Å². The molecule has 0 amide bonds. The van der Waals surface area contributed by atoms with Crippen LogP contribution in [-0.2, 0) is 9.53 Å². The Kier molecular flexibility index (Phi) is 4.86. The number of nitrogens with zero attached hydrogens (tertiary/aromatic N) is 1. The van der Waals surface area contributed by atoms with Gasteiger partial charge in [-0.15, -0.1) is 11.8 Å². The molecule has 0 bridgehead atoms. The number of carbonyl (C=O) groups excluding carboxylic acids is 1. The summed E-state index contributed by atoms with van der Waals surface area (Å²) in [6.45, 7) is 0. The van der Waals surface area contributed by atoms with Crippen molar-refractivity contribution < 1.29 is 9.53 Å². The minimum absolute atomic E-state index is 0.235. The highest BCUT2D eigenvalue weighted by molar-refractivity contribution is 7.99. The lowest BCUT2D eigenvalue weighted by Crippen LogP contribution is -2.41. The van der Waals surface area contributed by atoms with Crippen molar-refractivity contribution in [2.24, 2.45) is 0 Å². The molecule has 18 heavy (non-hydrogen) atoms. The SMILES string of the molecule is COC(=O)C(CSc1ncccc1Cl)NC1CC1. The second kappa shape index (κ2) is 6.41. The van der Waals surface area contributed by atoms with Crippen LogP contribution in [0.4, 0.5) is 0 Å². The predicted molar refractivity (Wildman–Crippen MR) is 71.9 cm³/mol. The van der Waals surface area contributed by atoms with E-state index in [1.165, 1.54) is 18.9 Å². The molecule has 1 fully saturated rings. The number of hydrogen-bond acceptors (Lipinski definition) is 5. The maximum Gasteiger partial charge on any atom is 0.323 e. The fourth-order valence-electron chi connectivity index (χ4n) is 1.50. The largest absolute Gasteiger partial charge is 0.468 e. The molecule has 0 aromatic carbocycles. The van der Waals surface area contributed by atoms with Gasteiger partial charge in [-0.1, -0.05) is 11.6 Å². The Labute approximate surface area is 115 Å². The summed E-state index contributed by atoms with van der Waals surface area (Å²) in [5.74, 6) is 0.335. The van der Waals surface area contributed by atoms with E-state index < -0.39 is 0 Å². The van der Waals surface area contributed by atoms with Crippen molar-refractivity contribution in [3.05, 3.63) is 23.4 Å². The van der Waals surface area contributed by atoms with Crippen LogP contribution in [0.2, 0.25) is 5.02 Å². The lowest BCUT2D eigenvalue weighted by Gasteiger charge is -2.15. The van der Waals surface area contributed by atoms with Crippen molar-refractivity contribution in [3.8, 4) is 0 Å². The molecular weight excluding hydrogens is 272 g/mol. The third-order valence-electron chi connectivity index (χ3n) is 2.61. The van der Waals surface area contributed by atoms with E-state index in [1.807, 2.05) is 0 Å². The molecule has 1 aromatic heterocycles. The van der Waals surface area contributed by atoms with Gasteiger partial charge in [-0.25, -0.2) is 4.98 Å². The summed E-state index contributed by atoms with van der Waals surface area (Å²) >= 11 is 7.48. The molecule has 98 valence electrons. The highest BCUT2D eigenvalue weighted by Gasteiger charge is 2.29. The zero-order chi connectivity index (χ0) is 13.0. The van der Waals surface area contributed by atoms with Gasteiger partial charge in [0.25, 0.3) is 0 Å². The molecule has 4 nitrogen and oxygen atoms in total. The second-order valence-electron chi connectivity index (χ2n) is 4.12. The van der Waals surface area contributed by atoms with Crippen molar-refractivity contribution in [2.45, 2.75) is 30.0 Å². The van der Waals surface area contributed by atoms with E-state index in [-0.39, 0.29) is 12.0 Å². The predicted octanol–water partition coefficient (Wildman–Crippen LogP) is 2.12. The van der Waals surface area contributed by atoms with Gasteiger partial charge in [0.05, 0.1) is 12.1 Å². The van der Waals surface area contributed by atoms with Crippen molar-refractivity contribution in [3.63, 3.8) is 0 Å². The number of pyridine rings is 1.